The molecule has 0 radical (unpaired) electrons. The van der Waals surface area contributed by atoms with Gasteiger partial charge in [0.05, 0.1) is 6.04 Å². The second kappa shape index (κ2) is 5.89. The fourth-order valence-corrected chi connectivity index (χ4v) is 2.72. The van der Waals surface area contributed by atoms with Crippen LogP contribution in [0.5, 0.6) is 0 Å². The first kappa shape index (κ1) is 13.5. The lowest BCUT2D eigenvalue weighted by Gasteiger charge is -2.20. The van der Waals surface area contributed by atoms with Crippen LogP contribution in [0, 0.1) is 5.82 Å². The molecule has 2 aromatic rings. The minimum Gasteiger partial charge on any atom is -0.307 e. The molecule has 1 fully saturated rings. The molecule has 106 valence electrons. The molecular formula is C14H16ClFN4. The first-order valence-electron chi connectivity index (χ1n) is 6.81. The van der Waals surface area contributed by atoms with Crippen LogP contribution in [0.25, 0.3) is 0 Å². The summed E-state index contributed by atoms with van der Waals surface area (Å²) in [5.41, 5.74) is 0.452. The van der Waals surface area contributed by atoms with E-state index < -0.39 is 0 Å². The van der Waals surface area contributed by atoms with Gasteiger partial charge in [-0.1, -0.05) is 24.1 Å². The molecule has 1 aromatic heterocycles. The number of hydrogen-bond donors (Lipinski definition) is 2. The lowest BCUT2D eigenvalue weighted by atomic mass is 10.0. The molecule has 2 N–H and O–H groups in total. The Kier molecular flexibility index (Phi) is 3.98. The van der Waals surface area contributed by atoms with E-state index >= 15 is 0 Å². The number of rotatable bonds is 3. The molecule has 0 bridgehead atoms. The van der Waals surface area contributed by atoms with Crippen LogP contribution in [0.1, 0.15) is 42.5 Å². The van der Waals surface area contributed by atoms with Crippen molar-refractivity contribution in [1.29, 1.82) is 0 Å². The monoisotopic (exact) mass is 294 g/mol. The normalized spacial score (nSPS) is 19.2. The maximum Gasteiger partial charge on any atom is 0.167 e. The van der Waals surface area contributed by atoms with Crippen LogP contribution in [0.4, 0.5) is 4.39 Å². The Morgan fingerprint density at radius 3 is 3.00 bits per heavy atom. The summed E-state index contributed by atoms with van der Waals surface area (Å²) in [4.78, 5) is 4.46. The zero-order chi connectivity index (χ0) is 13.9. The highest BCUT2D eigenvalue weighted by molar-refractivity contribution is 6.31. The lowest BCUT2D eigenvalue weighted by molar-refractivity contribution is 0.398. The van der Waals surface area contributed by atoms with Gasteiger partial charge >= 0.3 is 0 Å². The molecule has 0 saturated carbocycles. The fourth-order valence-electron chi connectivity index (χ4n) is 2.49. The van der Waals surface area contributed by atoms with Gasteiger partial charge in [0.2, 0.25) is 0 Å². The summed E-state index contributed by atoms with van der Waals surface area (Å²) in [6, 6.07) is 4.88. The quantitative estimate of drug-likeness (QED) is 0.915. The van der Waals surface area contributed by atoms with Gasteiger partial charge in [-0.3, -0.25) is 5.10 Å². The minimum absolute atomic E-state index is 0.199. The first-order chi connectivity index (χ1) is 9.74. The highest BCUT2D eigenvalue weighted by atomic mass is 35.5. The molecule has 0 aliphatic carbocycles. The van der Waals surface area contributed by atoms with Gasteiger partial charge in [0.25, 0.3) is 0 Å². The molecule has 1 unspecified atom stereocenters. The van der Waals surface area contributed by atoms with Crippen LogP contribution < -0.4 is 5.32 Å². The smallest absolute Gasteiger partial charge is 0.167 e. The van der Waals surface area contributed by atoms with Crippen molar-refractivity contribution >= 4 is 11.6 Å². The number of aromatic amines is 1. The third-order valence-electron chi connectivity index (χ3n) is 3.58. The van der Waals surface area contributed by atoms with Gasteiger partial charge in [-0.25, -0.2) is 9.37 Å². The average molecular weight is 295 g/mol. The van der Waals surface area contributed by atoms with E-state index in [1.807, 2.05) is 0 Å². The van der Waals surface area contributed by atoms with Gasteiger partial charge in [0, 0.05) is 17.0 Å². The number of benzene rings is 1. The topological polar surface area (TPSA) is 53.6 Å². The van der Waals surface area contributed by atoms with Crippen molar-refractivity contribution in [1.82, 2.24) is 20.5 Å². The summed E-state index contributed by atoms with van der Waals surface area (Å²) < 4.78 is 13.7. The maximum atomic E-state index is 13.7. The van der Waals surface area contributed by atoms with E-state index in [-0.39, 0.29) is 11.9 Å². The Bertz CT molecular complexity index is 572. The third-order valence-corrected chi connectivity index (χ3v) is 3.93. The molecule has 6 heteroatoms. The molecule has 2 heterocycles. The molecular weight excluding hydrogens is 279 g/mol. The largest absolute Gasteiger partial charge is 0.307 e. The lowest BCUT2D eigenvalue weighted by Crippen LogP contribution is -2.27. The molecule has 4 nitrogen and oxygen atoms in total. The van der Waals surface area contributed by atoms with Gasteiger partial charge in [-0.15, -0.1) is 0 Å². The van der Waals surface area contributed by atoms with Crippen LogP contribution in [-0.4, -0.2) is 21.7 Å². The molecule has 1 aromatic carbocycles. The highest BCUT2D eigenvalue weighted by Crippen LogP contribution is 2.23. The maximum absolute atomic E-state index is 13.7. The predicted molar refractivity (Wildman–Crippen MR) is 75.2 cm³/mol. The van der Waals surface area contributed by atoms with Crippen molar-refractivity contribution in [2.24, 2.45) is 0 Å². The number of halogens is 2. The van der Waals surface area contributed by atoms with Gasteiger partial charge in [-0.05, 0) is 31.5 Å². The second-order valence-corrected chi connectivity index (χ2v) is 5.43. The molecule has 1 aliphatic heterocycles. The molecule has 1 aliphatic rings. The van der Waals surface area contributed by atoms with E-state index in [1.54, 1.807) is 12.1 Å². The van der Waals surface area contributed by atoms with Gasteiger partial charge in [0.15, 0.2) is 5.82 Å². The van der Waals surface area contributed by atoms with Crippen molar-refractivity contribution in [3.8, 4) is 0 Å². The Balaban J connectivity index is 1.77. The summed E-state index contributed by atoms with van der Waals surface area (Å²) in [5.74, 6) is 1.08. The van der Waals surface area contributed by atoms with E-state index in [0.717, 1.165) is 18.8 Å². The summed E-state index contributed by atoms with van der Waals surface area (Å²) >= 11 is 6.02. The number of H-pyrrole nitrogens is 1. The molecule has 0 amide bonds. The highest BCUT2D eigenvalue weighted by Gasteiger charge is 2.19. The number of nitrogens with one attached hydrogen (secondary N) is 2. The predicted octanol–water partition coefficient (Wildman–Crippen LogP) is 3.00. The van der Waals surface area contributed by atoms with Gasteiger partial charge < -0.3 is 5.32 Å². The van der Waals surface area contributed by atoms with E-state index in [0.29, 0.717) is 22.8 Å². The molecule has 1 atom stereocenters. The second-order valence-electron chi connectivity index (χ2n) is 5.02. The summed E-state index contributed by atoms with van der Waals surface area (Å²) in [6.45, 7) is 0.994. The van der Waals surface area contributed by atoms with Crippen LogP contribution in [0.2, 0.25) is 5.02 Å². The zero-order valence-corrected chi connectivity index (χ0v) is 11.8. The minimum atomic E-state index is -0.314. The Morgan fingerprint density at radius 2 is 2.25 bits per heavy atom. The zero-order valence-electron chi connectivity index (χ0n) is 11.0. The molecule has 0 spiro atoms. The van der Waals surface area contributed by atoms with Crippen LogP contribution >= 0.6 is 11.6 Å². The van der Waals surface area contributed by atoms with Crippen molar-refractivity contribution in [3.63, 3.8) is 0 Å². The summed E-state index contributed by atoms with van der Waals surface area (Å²) in [6.07, 6.45) is 3.74. The standard InChI is InChI=1S/C14H16ClFN4/c15-10-4-3-5-11(16)9(10)8-13-18-14(20-19-13)12-6-1-2-7-17-12/h3-5,12,17H,1-2,6-8H2,(H,18,19,20). The third kappa shape index (κ3) is 2.83. The number of hydrogen-bond acceptors (Lipinski definition) is 3. The number of aromatic nitrogens is 3. The van der Waals surface area contributed by atoms with E-state index in [9.17, 15) is 4.39 Å². The molecule has 20 heavy (non-hydrogen) atoms. The van der Waals surface area contributed by atoms with Gasteiger partial charge in [0.1, 0.15) is 11.6 Å². The first-order valence-corrected chi connectivity index (χ1v) is 7.19. The van der Waals surface area contributed by atoms with Gasteiger partial charge in [-0.2, -0.15) is 5.10 Å². The summed E-state index contributed by atoms with van der Waals surface area (Å²) in [7, 11) is 0. The van der Waals surface area contributed by atoms with E-state index in [1.165, 1.54) is 18.9 Å². The Hall–Kier alpha value is -1.46. The van der Waals surface area contributed by atoms with Crippen molar-refractivity contribution in [3.05, 3.63) is 46.3 Å². The number of piperidine rings is 1. The van der Waals surface area contributed by atoms with Crippen LogP contribution in [0.15, 0.2) is 18.2 Å². The number of nitrogens with zero attached hydrogens (tertiary/aromatic N) is 2. The SMILES string of the molecule is Fc1cccc(Cl)c1Cc1nc(C2CCCCN2)n[nH]1. The van der Waals surface area contributed by atoms with Crippen LogP contribution in [-0.2, 0) is 6.42 Å². The van der Waals surface area contributed by atoms with E-state index in [4.69, 9.17) is 11.6 Å². The Morgan fingerprint density at radius 1 is 1.35 bits per heavy atom. The van der Waals surface area contributed by atoms with Crippen molar-refractivity contribution < 1.29 is 4.39 Å². The van der Waals surface area contributed by atoms with Crippen LogP contribution in [0.3, 0.4) is 0 Å². The Labute approximate surface area is 121 Å². The fraction of sp³-hybridized carbons (Fsp3) is 0.429. The van der Waals surface area contributed by atoms with E-state index in [2.05, 4.69) is 20.5 Å². The van der Waals surface area contributed by atoms with Crippen molar-refractivity contribution in [2.75, 3.05) is 6.54 Å². The average Bonchev–Trinajstić information content (AvgIpc) is 2.93. The molecule has 1 saturated heterocycles. The molecule has 3 rings (SSSR count). The summed E-state index contributed by atoms with van der Waals surface area (Å²) in [5, 5.41) is 10.9. The van der Waals surface area contributed by atoms with Crippen molar-refractivity contribution in [2.45, 2.75) is 31.7 Å².